The number of aliphatic carboxylic acids is 1. The lowest BCUT2D eigenvalue weighted by molar-refractivity contribution is -0.157. The second-order valence-electron chi connectivity index (χ2n) is 7.91. The van der Waals surface area contributed by atoms with Crippen LogP contribution in [0, 0.1) is 25.2 Å². The molecule has 3 aromatic carbocycles. The second-order valence-corrected chi connectivity index (χ2v) is 7.91. The van der Waals surface area contributed by atoms with Crippen LogP contribution in [-0.2, 0) is 19.1 Å². The normalized spacial score (nSPS) is 11.9. The van der Waals surface area contributed by atoms with Crippen LogP contribution in [0.15, 0.2) is 72.8 Å². The van der Waals surface area contributed by atoms with E-state index in [1.54, 1.807) is 38.1 Å². The predicted molar refractivity (Wildman–Crippen MR) is 128 cm³/mol. The minimum atomic E-state index is -2.15. The van der Waals surface area contributed by atoms with Gasteiger partial charge in [-0.25, -0.2) is 14.4 Å². The molecule has 3 aromatic rings. The van der Waals surface area contributed by atoms with Gasteiger partial charge in [0.25, 0.3) is 5.91 Å². The van der Waals surface area contributed by atoms with Crippen LogP contribution in [0.25, 0.3) is 0 Å². The molecule has 9 heteroatoms. The van der Waals surface area contributed by atoms with E-state index >= 15 is 0 Å². The average molecular weight is 486 g/mol. The molecule has 0 bridgehead atoms. The Balaban J connectivity index is 1.92. The van der Waals surface area contributed by atoms with E-state index in [0.717, 1.165) is 11.1 Å². The van der Waals surface area contributed by atoms with Gasteiger partial charge in [-0.15, -0.1) is 0 Å². The minimum Gasteiger partial charge on any atom is -0.478 e. The van der Waals surface area contributed by atoms with Crippen molar-refractivity contribution in [1.82, 2.24) is 0 Å². The van der Waals surface area contributed by atoms with Gasteiger partial charge in [0.1, 0.15) is 0 Å². The van der Waals surface area contributed by atoms with Gasteiger partial charge in [-0.05, 0) is 62.4 Å². The van der Waals surface area contributed by atoms with Crippen molar-refractivity contribution in [3.05, 3.63) is 101 Å². The number of nitrogens with one attached hydrogen (secondary N) is 1. The molecule has 0 saturated heterocycles. The molecule has 2 atom stereocenters. The molecule has 2 N–H and O–H groups in total. The number of hydrogen-bond acceptors (Lipinski definition) is 7. The van der Waals surface area contributed by atoms with E-state index in [0.29, 0.717) is 5.56 Å². The van der Waals surface area contributed by atoms with Crippen LogP contribution in [0.3, 0.4) is 0 Å². The third-order valence-electron chi connectivity index (χ3n) is 5.03. The zero-order valence-electron chi connectivity index (χ0n) is 19.4. The third-order valence-corrected chi connectivity index (χ3v) is 5.03. The number of nitrogens with zero attached hydrogens (tertiary/aromatic N) is 1. The maximum Gasteiger partial charge on any atom is 0.349 e. The van der Waals surface area contributed by atoms with Crippen molar-refractivity contribution in [2.24, 2.45) is 0 Å². The van der Waals surface area contributed by atoms with Crippen molar-refractivity contribution in [1.29, 1.82) is 5.26 Å². The highest BCUT2D eigenvalue weighted by Gasteiger charge is 2.41. The Kier molecular flexibility index (Phi) is 8.15. The number of carbonyl (C=O) groups excluding carboxylic acids is 3. The van der Waals surface area contributed by atoms with Crippen molar-refractivity contribution in [3.8, 4) is 6.07 Å². The molecule has 0 aromatic heterocycles. The molecule has 1 amide bonds. The SMILES string of the molecule is Cc1cccc(C(=O)O[C@H](C(=O)O)[C@H](OC(=O)c2cccc(C)c2)C(=O)Nc2ccc(C#N)cc2)c1. The molecule has 0 unspecified atom stereocenters. The summed E-state index contributed by atoms with van der Waals surface area (Å²) >= 11 is 0. The van der Waals surface area contributed by atoms with Gasteiger partial charge < -0.3 is 19.9 Å². The number of esters is 2. The van der Waals surface area contributed by atoms with Crippen molar-refractivity contribution in [3.63, 3.8) is 0 Å². The highest BCUT2D eigenvalue weighted by molar-refractivity contribution is 6.01. The van der Waals surface area contributed by atoms with Crippen molar-refractivity contribution in [2.45, 2.75) is 26.1 Å². The van der Waals surface area contributed by atoms with Crippen LogP contribution >= 0.6 is 0 Å². The van der Waals surface area contributed by atoms with Gasteiger partial charge >= 0.3 is 17.9 Å². The maximum absolute atomic E-state index is 13.1. The Bertz CT molecular complexity index is 1340. The fourth-order valence-electron chi connectivity index (χ4n) is 3.25. The van der Waals surface area contributed by atoms with Crippen molar-refractivity contribution < 1.29 is 33.8 Å². The number of benzene rings is 3. The zero-order chi connectivity index (χ0) is 26.2. The largest absolute Gasteiger partial charge is 0.478 e. The van der Waals surface area contributed by atoms with Crippen LogP contribution in [0.4, 0.5) is 5.69 Å². The van der Waals surface area contributed by atoms with E-state index in [4.69, 9.17) is 14.7 Å². The van der Waals surface area contributed by atoms with Crippen LogP contribution in [0.1, 0.15) is 37.4 Å². The third kappa shape index (κ3) is 6.55. The Labute approximate surface area is 206 Å². The number of carbonyl (C=O) groups is 4. The van der Waals surface area contributed by atoms with E-state index in [9.17, 15) is 24.3 Å². The van der Waals surface area contributed by atoms with Crippen LogP contribution < -0.4 is 5.32 Å². The molecule has 0 aliphatic heterocycles. The topological polar surface area (TPSA) is 143 Å². The molecular weight excluding hydrogens is 464 g/mol. The van der Waals surface area contributed by atoms with E-state index in [-0.39, 0.29) is 16.8 Å². The van der Waals surface area contributed by atoms with Gasteiger partial charge in [0.05, 0.1) is 22.8 Å². The smallest absolute Gasteiger partial charge is 0.349 e. The summed E-state index contributed by atoms with van der Waals surface area (Å²) in [4.78, 5) is 50.7. The Morgan fingerprint density at radius 3 is 1.75 bits per heavy atom. The standard InChI is InChI=1S/C27H22N2O7/c1-16-5-3-7-19(13-16)26(33)35-22(24(30)29-21-11-9-18(15-28)10-12-21)23(25(31)32)36-27(34)20-8-4-6-17(2)14-20/h3-14,22-23H,1-2H3,(H,29,30)(H,31,32)/t22-,23-/m0/s1. The van der Waals surface area contributed by atoms with E-state index in [1.165, 1.54) is 48.5 Å². The molecule has 0 fully saturated rings. The lowest BCUT2D eigenvalue weighted by Gasteiger charge is -2.23. The zero-order valence-corrected chi connectivity index (χ0v) is 19.4. The molecule has 0 radical (unpaired) electrons. The van der Waals surface area contributed by atoms with Gasteiger partial charge in [-0.3, -0.25) is 4.79 Å². The summed E-state index contributed by atoms with van der Waals surface area (Å²) < 4.78 is 10.4. The van der Waals surface area contributed by atoms with Crippen LogP contribution in [0.2, 0.25) is 0 Å². The minimum absolute atomic E-state index is 0.0671. The Morgan fingerprint density at radius 1 is 0.806 bits per heavy atom. The summed E-state index contributed by atoms with van der Waals surface area (Å²) in [6.07, 6.45) is -4.18. The van der Waals surface area contributed by atoms with Gasteiger partial charge in [-0.1, -0.05) is 35.4 Å². The summed E-state index contributed by atoms with van der Waals surface area (Å²) in [5.41, 5.74) is 2.18. The Hall–Kier alpha value is -4.97. The summed E-state index contributed by atoms with van der Waals surface area (Å²) in [6.45, 7) is 3.48. The molecule has 0 spiro atoms. The molecule has 0 saturated carbocycles. The first-order valence-corrected chi connectivity index (χ1v) is 10.8. The van der Waals surface area contributed by atoms with E-state index in [2.05, 4.69) is 5.32 Å². The number of nitriles is 1. The molecule has 9 nitrogen and oxygen atoms in total. The van der Waals surface area contributed by atoms with Gasteiger partial charge in [0.2, 0.25) is 12.2 Å². The van der Waals surface area contributed by atoms with Crippen LogP contribution in [0.5, 0.6) is 0 Å². The summed E-state index contributed by atoms with van der Waals surface area (Å²) in [5.74, 6) is -4.71. The molecule has 0 aliphatic rings. The number of amides is 1. The quantitative estimate of drug-likeness (QED) is 0.459. The maximum atomic E-state index is 13.1. The monoisotopic (exact) mass is 486 g/mol. The summed E-state index contributed by atoms with van der Waals surface area (Å²) in [6, 6.07) is 20.2. The Morgan fingerprint density at radius 2 is 1.31 bits per heavy atom. The van der Waals surface area contributed by atoms with E-state index in [1.807, 2.05) is 6.07 Å². The van der Waals surface area contributed by atoms with Gasteiger partial charge in [0.15, 0.2) is 0 Å². The van der Waals surface area contributed by atoms with Crippen molar-refractivity contribution >= 4 is 29.5 Å². The second kappa shape index (κ2) is 11.4. The number of rotatable bonds is 8. The number of aryl methyl sites for hydroxylation is 2. The first-order chi connectivity index (χ1) is 17.2. The molecule has 3 rings (SSSR count). The first kappa shape index (κ1) is 25.6. The number of carboxylic acids is 1. The number of ether oxygens (including phenoxy) is 2. The fraction of sp³-hybridized carbons (Fsp3) is 0.148. The number of anilines is 1. The predicted octanol–water partition coefficient (Wildman–Crippen LogP) is 3.65. The summed E-state index contributed by atoms with van der Waals surface area (Å²) in [7, 11) is 0. The molecular formula is C27H22N2O7. The molecule has 36 heavy (non-hydrogen) atoms. The lowest BCUT2D eigenvalue weighted by atomic mass is 10.1. The van der Waals surface area contributed by atoms with Gasteiger partial charge in [0, 0.05) is 5.69 Å². The molecule has 0 aliphatic carbocycles. The average Bonchev–Trinajstić information content (AvgIpc) is 2.86. The van der Waals surface area contributed by atoms with Crippen molar-refractivity contribution in [2.75, 3.05) is 5.32 Å². The first-order valence-electron chi connectivity index (χ1n) is 10.8. The number of carboxylic acid groups (broad SMARTS) is 1. The highest BCUT2D eigenvalue weighted by Crippen LogP contribution is 2.17. The molecule has 0 heterocycles. The summed E-state index contributed by atoms with van der Waals surface area (Å²) in [5, 5.41) is 21.2. The lowest BCUT2D eigenvalue weighted by Crippen LogP contribution is -2.48. The van der Waals surface area contributed by atoms with Crippen LogP contribution in [-0.4, -0.2) is 41.1 Å². The number of hydrogen-bond donors (Lipinski definition) is 2. The van der Waals surface area contributed by atoms with Gasteiger partial charge in [-0.2, -0.15) is 5.26 Å². The molecule has 182 valence electrons. The highest BCUT2D eigenvalue weighted by atomic mass is 16.6. The van der Waals surface area contributed by atoms with E-state index < -0.39 is 36.0 Å². The fourth-order valence-corrected chi connectivity index (χ4v) is 3.25.